The summed E-state index contributed by atoms with van der Waals surface area (Å²) in [5.74, 6) is 0.560. The summed E-state index contributed by atoms with van der Waals surface area (Å²) in [4.78, 5) is 37.7. The Morgan fingerprint density at radius 3 is 2.46 bits per heavy atom. The molecule has 41 heavy (non-hydrogen) atoms. The topological polar surface area (TPSA) is 128 Å². The number of nitrogens with one attached hydrogen (secondary N) is 2. The molecule has 1 aliphatic heterocycles. The van der Waals surface area contributed by atoms with E-state index in [0.717, 1.165) is 5.56 Å². The van der Waals surface area contributed by atoms with Gasteiger partial charge in [0.1, 0.15) is 17.2 Å². The second kappa shape index (κ2) is 12.5. The number of fused-ring (bicyclic) bond motifs is 1. The maximum Gasteiger partial charge on any atom is 0.338 e. The first kappa shape index (κ1) is 26.9. The van der Waals surface area contributed by atoms with Gasteiger partial charge in [-0.15, -0.1) is 0 Å². The number of ether oxygens (including phenoxy) is 3. The second-order valence-electron chi connectivity index (χ2n) is 8.69. The zero-order chi connectivity index (χ0) is 28.6. The normalized spacial score (nSPS) is 12.3. The van der Waals surface area contributed by atoms with Gasteiger partial charge < -0.3 is 23.9 Å². The maximum absolute atomic E-state index is 13.1. The van der Waals surface area contributed by atoms with E-state index in [1.807, 2.05) is 0 Å². The van der Waals surface area contributed by atoms with Crippen LogP contribution in [0.2, 0.25) is 0 Å². The van der Waals surface area contributed by atoms with Gasteiger partial charge in [-0.3, -0.25) is 9.59 Å². The van der Waals surface area contributed by atoms with E-state index in [-0.39, 0.29) is 12.5 Å². The average molecular weight is 552 g/mol. The van der Waals surface area contributed by atoms with E-state index in [4.69, 9.17) is 18.6 Å². The zero-order valence-corrected chi connectivity index (χ0v) is 22.0. The number of esters is 1. The Labute approximate surface area is 235 Å². The summed E-state index contributed by atoms with van der Waals surface area (Å²) in [6, 6.07) is 23.9. The highest BCUT2D eigenvalue weighted by Gasteiger charge is 2.17. The Morgan fingerprint density at radius 1 is 0.902 bits per heavy atom. The molecule has 10 heteroatoms. The predicted octanol–water partition coefficient (Wildman–Crippen LogP) is 4.77. The summed E-state index contributed by atoms with van der Waals surface area (Å²) < 4.78 is 21.5. The van der Waals surface area contributed by atoms with Gasteiger partial charge >= 0.3 is 5.97 Å². The van der Waals surface area contributed by atoms with Crippen LogP contribution in [0.5, 0.6) is 11.5 Å². The van der Waals surface area contributed by atoms with Gasteiger partial charge in [0.05, 0.1) is 18.4 Å². The average Bonchev–Trinajstić information content (AvgIpc) is 3.67. The number of amides is 2. The van der Waals surface area contributed by atoms with Gasteiger partial charge in [-0.2, -0.15) is 5.10 Å². The Morgan fingerprint density at radius 2 is 1.68 bits per heavy atom. The molecule has 0 unspecified atom stereocenters. The molecule has 0 aliphatic carbocycles. The van der Waals surface area contributed by atoms with Crippen molar-refractivity contribution in [1.82, 2.24) is 10.7 Å². The molecule has 0 fully saturated rings. The number of rotatable bonds is 9. The van der Waals surface area contributed by atoms with Gasteiger partial charge in [0.25, 0.3) is 11.8 Å². The van der Waals surface area contributed by atoms with Crippen LogP contribution in [0.4, 0.5) is 0 Å². The molecule has 2 heterocycles. The number of carbonyl (C=O) groups excluding carboxylic acids is 3. The minimum atomic E-state index is -0.649. The fraction of sp³-hybridized carbons (Fsp3) is 0.0968. The standard InChI is InChI=1S/C31H25N3O7/c1-2-38-31(37)23-11-9-21(10-12-23)26-15-13-24(41-26)18-32-34-30(36)25(33-29(35)22-6-4-3-5-7-22)16-20-8-14-27-28(17-20)40-19-39-27/h3-18H,2,19H2,1H3,(H,33,35)(H,34,36)/b25-16+,32-18-. The van der Waals surface area contributed by atoms with Crippen molar-refractivity contribution in [3.8, 4) is 22.8 Å². The van der Waals surface area contributed by atoms with Gasteiger partial charge in [0.15, 0.2) is 11.5 Å². The highest BCUT2D eigenvalue weighted by atomic mass is 16.7. The van der Waals surface area contributed by atoms with Crippen molar-refractivity contribution in [2.24, 2.45) is 5.10 Å². The molecule has 1 aliphatic rings. The minimum absolute atomic E-state index is 0.0308. The fourth-order valence-electron chi connectivity index (χ4n) is 3.89. The van der Waals surface area contributed by atoms with Crippen LogP contribution < -0.4 is 20.2 Å². The summed E-state index contributed by atoms with van der Waals surface area (Å²) >= 11 is 0. The highest BCUT2D eigenvalue weighted by Crippen LogP contribution is 2.33. The third kappa shape index (κ3) is 6.69. The molecule has 1 aromatic heterocycles. The number of hydrogen-bond donors (Lipinski definition) is 2. The lowest BCUT2D eigenvalue weighted by atomic mass is 10.1. The minimum Gasteiger partial charge on any atom is -0.462 e. The molecule has 0 radical (unpaired) electrons. The molecule has 206 valence electrons. The molecule has 0 saturated carbocycles. The summed E-state index contributed by atoms with van der Waals surface area (Å²) in [6.45, 7) is 2.16. The van der Waals surface area contributed by atoms with Crippen LogP contribution in [-0.4, -0.2) is 37.4 Å². The number of carbonyl (C=O) groups is 3. The lowest BCUT2D eigenvalue weighted by Crippen LogP contribution is -2.32. The highest BCUT2D eigenvalue weighted by molar-refractivity contribution is 6.05. The monoisotopic (exact) mass is 551 g/mol. The number of nitrogens with zero attached hydrogens (tertiary/aromatic N) is 1. The van der Waals surface area contributed by atoms with Gasteiger partial charge in [-0.1, -0.05) is 36.4 Å². The molecule has 2 N–H and O–H groups in total. The Kier molecular flexibility index (Phi) is 8.20. The van der Waals surface area contributed by atoms with Gasteiger partial charge in [0, 0.05) is 11.1 Å². The first-order valence-corrected chi connectivity index (χ1v) is 12.7. The van der Waals surface area contributed by atoms with Crippen LogP contribution in [0.25, 0.3) is 17.4 Å². The van der Waals surface area contributed by atoms with E-state index in [1.54, 1.807) is 91.9 Å². The van der Waals surface area contributed by atoms with E-state index in [2.05, 4.69) is 15.8 Å². The molecule has 3 aromatic carbocycles. The van der Waals surface area contributed by atoms with E-state index in [1.165, 1.54) is 12.3 Å². The van der Waals surface area contributed by atoms with Crippen LogP contribution in [0.3, 0.4) is 0 Å². The van der Waals surface area contributed by atoms with Crippen molar-refractivity contribution < 1.29 is 33.0 Å². The lowest BCUT2D eigenvalue weighted by Gasteiger charge is -2.09. The van der Waals surface area contributed by atoms with E-state index < -0.39 is 17.8 Å². The van der Waals surface area contributed by atoms with E-state index in [0.29, 0.717) is 46.3 Å². The Bertz CT molecular complexity index is 1620. The van der Waals surface area contributed by atoms with E-state index in [9.17, 15) is 14.4 Å². The molecule has 10 nitrogen and oxygen atoms in total. The van der Waals surface area contributed by atoms with Crippen LogP contribution in [0.15, 0.2) is 100 Å². The van der Waals surface area contributed by atoms with E-state index >= 15 is 0 Å². The molecule has 0 saturated heterocycles. The number of hydrogen-bond acceptors (Lipinski definition) is 8. The maximum atomic E-state index is 13.1. The van der Waals surface area contributed by atoms with Gasteiger partial charge in [-0.05, 0) is 67.1 Å². The third-order valence-corrected chi connectivity index (χ3v) is 5.90. The summed E-state index contributed by atoms with van der Waals surface area (Å²) in [5, 5.41) is 6.64. The molecule has 0 bridgehead atoms. The number of hydrazone groups is 1. The molecule has 2 amide bonds. The zero-order valence-electron chi connectivity index (χ0n) is 22.0. The third-order valence-electron chi connectivity index (χ3n) is 5.90. The van der Waals surface area contributed by atoms with Crippen molar-refractivity contribution in [2.45, 2.75) is 6.92 Å². The lowest BCUT2D eigenvalue weighted by molar-refractivity contribution is -0.117. The first-order valence-electron chi connectivity index (χ1n) is 12.7. The molecule has 5 rings (SSSR count). The summed E-state index contributed by atoms with van der Waals surface area (Å²) in [6.07, 6.45) is 2.85. The molecule has 0 atom stereocenters. The fourth-order valence-corrected chi connectivity index (χ4v) is 3.89. The van der Waals surface area contributed by atoms with Crippen molar-refractivity contribution in [3.05, 3.63) is 113 Å². The molecular weight excluding hydrogens is 526 g/mol. The summed E-state index contributed by atoms with van der Waals surface area (Å²) in [5.41, 5.74) is 4.58. The van der Waals surface area contributed by atoms with Crippen LogP contribution in [0.1, 0.15) is 39.0 Å². The molecular formula is C31H25N3O7. The number of benzene rings is 3. The van der Waals surface area contributed by atoms with Crippen molar-refractivity contribution in [1.29, 1.82) is 0 Å². The SMILES string of the molecule is CCOC(=O)c1ccc(-c2ccc(/C=N\NC(=O)/C(=C\c3ccc4c(c3)OCO4)NC(=O)c3ccccc3)o2)cc1. The molecule has 0 spiro atoms. The van der Waals surface area contributed by atoms with Crippen molar-refractivity contribution in [3.63, 3.8) is 0 Å². The molecule has 4 aromatic rings. The van der Waals surface area contributed by atoms with Gasteiger partial charge in [-0.25, -0.2) is 10.2 Å². The van der Waals surface area contributed by atoms with Gasteiger partial charge in [0.2, 0.25) is 6.79 Å². The Hall–Kier alpha value is -5.64. The summed E-state index contributed by atoms with van der Waals surface area (Å²) in [7, 11) is 0. The Balaban J connectivity index is 1.29. The first-order chi connectivity index (χ1) is 20.0. The predicted molar refractivity (Wildman–Crippen MR) is 150 cm³/mol. The van der Waals surface area contributed by atoms with Crippen molar-refractivity contribution in [2.75, 3.05) is 13.4 Å². The quantitative estimate of drug-likeness (QED) is 0.133. The number of furan rings is 1. The smallest absolute Gasteiger partial charge is 0.338 e. The largest absolute Gasteiger partial charge is 0.462 e. The van der Waals surface area contributed by atoms with Crippen LogP contribution in [-0.2, 0) is 9.53 Å². The van der Waals surface area contributed by atoms with Crippen LogP contribution in [0, 0.1) is 0 Å². The van der Waals surface area contributed by atoms with Crippen molar-refractivity contribution >= 4 is 30.1 Å². The second-order valence-corrected chi connectivity index (χ2v) is 8.69. The van der Waals surface area contributed by atoms with Crippen LogP contribution >= 0.6 is 0 Å².